The van der Waals surface area contributed by atoms with E-state index in [0.717, 1.165) is 10.8 Å². The Morgan fingerprint density at radius 1 is 1.35 bits per heavy atom. The number of carbonyl (C=O) groups excluding carboxylic acids is 1. The van der Waals surface area contributed by atoms with Crippen molar-refractivity contribution in [2.75, 3.05) is 7.11 Å². The van der Waals surface area contributed by atoms with E-state index in [2.05, 4.69) is 0 Å². The fraction of sp³-hybridized carbons (Fsp3) is 0.462. The molecule has 0 bridgehead atoms. The number of thioether (sulfide) groups is 1. The van der Waals surface area contributed by atoms with Crippen molar-refractivity contribution in [1.29, 1.82) is 0 Å². The van der Waals surface area contributed by atoms with Crippen LogP contribution in [0.15, 0.2) is 24.3 Å². The van der Waals surface area contributed by atoms with Crippen LogP contribution >= 0.6 is 23.4 Å². The van der Waals surface area contributed by atoms with E-state index in [4.69, 9.17) is 16.3 Å². The molecule has 0 saturated carbocycles. The molecule has 0 aliphatic rings. The third-order valence-corrected chi connectivity index (χ3v) is 4.39. The summed E-state index contributed by atoms with van der Waals surface area (Å²) in [5.74, 6) is 0.637. The van der Waals surface area contributed by atoms with Gasteiger partial charge in [-0.25, -0.2) is 0 Å². The standard InChI is InChI=1S/C13H17ClO2S/c1-9(13(15)16-3)10(2)17-8-11-4-6-12(14)7-5-11/h4-7,9-10H,8H2,1-3H3. The number of carbonyl (C=O) groups is 1. The average molecular weight is 273 g/mol. The van der Waals surface area contributed by atoms with Gasteiger partial charge < -0.3 is 4.74 Å². The van der Waals surface area contributed by atoms with E-state index in [1.807, 2.05) is 38.1 Å². The van der Waals surface area contributed by atoms with Crippen molar-refractivity contribution in [1.82, 2.24) is 0 Å². The molecule has 0 aliphatic carbocycles. The van der Waals surface area contributed by atoms with E-state index in [-0.39, 0.29) is 17.1 Å². The summed E-state index contributed by atoms with van der Waals surface area (Å²) >= 11 is 7.56. The normalized spacial score (nSPS) is 14.1. The van der Waals surface area contributed by atoms with Gasteiger partial charge in [0, 0.05) is 16.0 Å². The molecule has 2 nitrogen and oxygen atoms in total. The Bertz CT molecular complexity index is 364. The quantitative estimate of drug-likeness (QED) is 0.763. The number of methoxy groups -OCH3 is 1. The molecular formula is C13H17ClO2S. The Labute approximate surface area is 112 Å². The maximum Gasteiger partial charge on any atom is 0.309 e. The molecule has 1 aromatic rings. The summed E-state index contributed by atoms with van der Waals surface area (Å²) in [4.78, 5) is 11.4. The molecule has 94 valence electrons. The van der Waals surface area contributed by atoms with Crippen LogP contribution in [-0.4, -0.2) is 18.3 Å². The lowest BCUT2D eigenvalue weighted by Crippen LogP contribution is -2.22. The first-order chi connectivity index (χ1) is 8.04. The van der Waals surface area contributed by atoms with E-state index in [9.17, 15) is 4.79 Å². The summed E-state index contributed by atoms with van der Waals surface area (Å²) in [5.41, 5.74) is 1.21. The minimum atomic E-state index is -0.152. The molecule has 17 heavy (non-hydrogen) atoms. The van der Waals surface area contributed by atoms with Crippen molar-refractivity contribution in [3.8, 4) is 0 Å². The van der Waals surface area contributed by atoms with Crippen LogP contribution < -0.4 is 0 Å². The second-order valence-electron chi connectivity index (χ2n) is 3.95. The van der Waals surface area contributed by atoms with Crippen LogP contribution in [0.25, 0.3) is 0 Å². The summed E-state index contributed by atoms with van der Waals surface area (Å²) < 4.78 is 4.73. The van der Waals surface area contributed by atoms with Gasteiger partial charge in [0.15, 0.2) is 0 Å². The zero-order valence-electron chi connectivity index (χ0n) is 10.3. The van der Waals surface area contributed by atoms with Crippen LogP contribution in [0.4, 0.5) is 0 Å². The third kappa shape index (κ3) is 4.60. The van der Waals surface area contributed by atoms with Crippen molar-refractivity contribution in [3.05, 3.63) is 34.9 Å². The van der Waals surface area contributed by atoms with Gasteiger partial charge in [0.1, 0.15) is 0 Å². The summed E-state index contributed by atoms with van der Waals surface area (Å²) in [6, 6.07) is 7.77. The zero-order chi connectivity index (χ0) is 12.8. The Morgan fingerprint density at radius 3 is 2.47 bits per heavy atom. The number of hydrogen-bond donors (Lipinski definition) is 0. The highest BCUT2D eigenvalue weighted by molar-refractivity contribution is 7.99. The molecule has 0 radical (unpaired) electrons. The highest BCUT2D eigenvalue weighted by Crippen LogP contribution is 2.24. The van der Waals surface area contributed by atoms with E-state index in [1.54, 1.807) is 11.8 Å². The minimum Gasteiger partial charge on any atom is -0.469 e. The number of hydrogen-bond acceptors (Lipinski definition) is 3. The largest absolute Gasteiger partial charge is 0.469 e. The smallest absolute Gasteiger partial charge is 0.309 e. The minimum absolute atomic E-state index is 0.0858. The Morgan fingerprint density at radius 2 is 1.94 bits per heavy atom. The monoisotopic (exact) mass is 272 g/mol. The van der Waals surface area contributed by atoms with Crippen LogP contribution in [0, 0.1) is 5.92 Å². The maximum absolute atomic E-state index is 11.4. The SMILES string of the molecule is COC(=O)C(C)C(C)SCc1ccc(Cl)cc1. The Kier molecular flexibility index (Phi) is 5.86. The molecule has 2 atom stereocenters. The molecule has 0 aromatic heterocycles. The molecular weight excluding hydrogens is 256 g/mol. The van der Waals surface area contributed by atoms with Gasteiger partial charge in [-0.05, 0) is 17.7 Å². The van der Waals surface area contributed by atoms with E-state index >= 15 is 0 Å². The number of esters is 1. The van der Waals surface area contributed by atoms with Gasteiger partial charge in [0.25, 0.3) is 0 Å². The van der Waals surface area contributed by atoms with Crippen molar-refractivity contribution >= 4 is 29.3 Å². The zero-order valence-corrected chi connectivity index (χ0v) is 11.8. The molecule has 0 spiro atoms. The molecule has 0 amide bonds. The molecule has 0 N–H and O–H groups in total. The molecule has 0 heterocycles. The van der Waals surface area contributed by atoms with Crippen molar-refractivity contribution < 1.29 is 9.53 Å². The molecule has 0 aliphatic heterocycles. The summed E-state index contributed by atoms with van der Waals surface area (Å²) in [7, 11) is 1.43. The van der Waals surface area contributed by atoms with Gasteiger partial charge >= 0.3 is 5.97 Å². The van der Waals surface area contributed by atoms with Crippen LogP contribution in [0.5, 0.6) is 0 Å². The highest BCUT2D eigenvalue weighted by atomic mass is 35.5. The Balaban J connectivity index is 2.45. The van der Waals surface area contributed by atoms with Gasteiger partial charge in [0.05, 0.1) is 13.0 Å². The first-order valence-corrected chi connectivity index (χ1v) is 6.91. The summed E-state index contributed by atoms with van der Waals surface area (Å²) in [6.45, 7) is 3.94. The molecule has 1 aromatic carbocycles. The molecule has 0 fully saturated rings. The van der Waals surface area contributed by atoms with Gasteiger partial charge in [-0.2, -0.15) is 11.8 Å². The van der Waals surface area contributed by atoms with Crippen LogP contribution in [0.1, 0.15) is 19.4 Å². The van der Waals surface area contributed by atoms with Gasteiger partial charge in [0.2, 0.25) is 0 Å². The van der Waals surface area contributed by atoms with E-state index < -0.39 is 0 Å². The van der Waals surface area contributed by atoms with E-state index in [0.29, 0.717) is 0 Å². The number of rotatable bonds is 5. The van der Waals surface area contributed by atoms with Gasteiger partial charge in [-0.3, -0.25) is 4.79 Å². The number of ether oxygens (including phenoxy) is 1. The van der Waals surface area contributed by atoms with Gasteiger partial charge in [-0.1, -0.05) is 37.6 Å². The highest BCUT2D eigenvalue weighted by Gasteiger charge is 2.20. The van der Waals surface area contributed by atoms with Crippen molar-refractivity contribution in [2.45, 2.75) is 24.9 Å². The van der Waals surface area contributed by atoms with Crippen LogP contribution in [-0.2, 0) is 15.3 Å². The molecule has 2 unspecified atom stereocenters. The second kappa shape index (κ2) is 6.92. The lowest BCUT2D eigenvalue weighted by molar-refractivity contribution is -0.144. The summed E-state index contributed by atoms with van der Waals surface area (Å²) in [6.07, 6.45) is 0. The molecule has 4 heteroatoms. The lowest BCUT2D eigenvalue weighted by Gasteiger charge is -2.17. The third-order valence-electron chi connectivity index (χ3n) is 2.70. The van der Waals surface area contributed by atoms with Crippen LogP contribution in [0.2, 0.25) is 5.02 Å². The Hall–Kier alpha value is -0.670. The second-order valence-corrected chi connectivity index (χ2v) is 5.76. The first-order valence-electron chi connectivity index (χ1n) is 5.48. The number of benzene rings is 1. The van der Waals surface area contributed by atoms with E-state index in [1.165, 1.54) is 12.7 Å². The van der Waals surface area contributed by atoms with Crippen molar-refractivity contribution in [2.24, 2.45) is 5.92 Å². The topological polar surface area (TPSA) is 26.3 Å². The summed E-state index contributed by atoms with van der Waals surface area (Å²) in [5, 5.41) is 0.979. The predicted molar refractivity (Wildman–Crippen MR) is 73.4 cm³/mol. The first kappa shape index (κ1) is 14.4. The fourth-order valence-corrected chi connectivity index (χ4v) is 2.50. The van der Waals surface area contributed by atoms with Crippen LogP contribution in [0.3, 0.4) is 0 Å². The van der Waals surface area contributed by atoms with Crippen molar-refractivity contribution in [3.63, 3.8) is 0 Å². The number of halogens is 1. The maximum atomic E-state index is 11.4. The lowest BCUT2D eigenvalue weighted by atomic mass is 10.1. The molecule has 0 saturated heterocycles. The predicted octanol–water partition coefficient (Wildman–Crippen LogP) is 3.77. The molecule has 1 rings (SSSR count). The average Bonchev–Trinajstić information content (AvgIpc) is 2.35. The van der Waals surface area contributed by atoms with Gasteiger partial charge in [-0.15, -0.1) is 0 Å². The fourth-order valence-electron chi connectivity index (χ4n) is 1.33.